The van der Waals surface area contributed by atoms with Gasteiger partial charge < -0.3 is 15.6 Å². The summed E-state index contributed by atoms with van der Waals surface area (Å²) >= 11 is 0. The normalized spacial score (nSPS) is 11.2. The molecule has 0 aliphatic carbocycles. The third-order valence-electron chi connectivity index (χ3n) is 3.11. The highest BCUT2D eigenvalue weighted by atomic mass is 14.9. The molecule has 0 saturated heterocycles. The Kier molecular flexibility index (Phi) is 4.18. The number of fused-ring (bicyclic) bond motifs is 1. The molecular formula is C14H21N3. The molecule has 0 atom stereocenters. The van der Waals surface area contributed by atoms with Gasteiger partial charge in [0, 0.05) is 23.1 Å². The summed E-state index contributed by atoms with van der Waals surface area (Å²) in [6, 6.07) is 8.48. The predicted octanol–water partition coefficient (Wildman–Crippen LogP) is 2.18. The zero-order valence-corrected chi connectivity index (χ0v) is 10.6. The van der Waals surface area contributed by atoms with E-state index in [1.165, 1.54) is 22.2 Å². The molecule has 1 aromatic heterocycles. The van der Waals surface area contributed by atoms with E-state index in [2.05, 4.69) is 46.8 Å². The molecule has 2 aromatic rings. The number of H-pyrrole nitrogens is 1. The van der Waals surface area contributed by atoms with Crippen molar-refractivity contribution < 1.29 is 0 Å². The van der Waals surface area contributed by atoms with E-state index in [1.54, 1.807) is 0 Å². The molecule has 0 spiro atoms. The van der Waals surface area contributed by atoms with Gasteiger partial charge >= 0.3 is 0 Å². The Morgan fingerprint density at radius 1 is 1.18 bits per heavy atom. The summed E-state index contributed by atoms with van der Waals surface area (Å²) in [5.41, 5.74) is 3.90. The van der Waals surface area contributed by atoms with Crippen molar-refractivity contribution in [3.8, 4) is 0 Å². The molecule has 0 amide bonds. The van der Waals surface area contributed by atoms with Gasteiger partial charge in [-0.05, 0) is 45.1 Å². The molecule has 92 valence electrons. The second kappa shape index (κ2) is 5.84. The summed E-state index contributed by atoms with van der Waals surface area (Å²) in [6.45, 7) is 5.21. The molecular weight excluding hydrogens is 210 g/mol. The molecule has 0 fully saturated rings. The van der Waals surface area contributed by atoms with Gasteiger partial charge in [0.1, 0.15) is 0 Å². The van der Waals surface area contributed by atoms with Gasteiger partial charge in [0.2, 0.25) is 0 Å². The number of para-hydroxylation sites is 1. The first-order valence-electron chi connectivity index (χ1n) is 6.24. The highest BCUT2D eigenvalue weighted by Crippen LogP contribution is 2.21. The topological polar surface area (TPSA) is 39.8 Å². The van der Waals surface area contributed by atoms with Crippen LogP contribution in [0.2, 0.25) is 0 Å². The van der Waals surface area contributed by atoms with E-state index in [1.807, 2.05) is 7.05 Å². The van der Waals surface area contributed by atoms with E-state index in [-0.39, 0.29) is 0 Å². The third kappa shape index (κ3) is 2.87. The quantitative estimate of drug-likeness (QED) is 0.667. The molecule has 0 saturated carbocycles. The zero-order valence-electron chi connectivity index (χ0n) is 10.6. The lowest BCUT2D eigenvalue weighted by Gasteiger charge is -2.05. The van der Waals surface area contributed by atoms with Crippen LogP contribution >= 0.6 is 0 Å². The van der Waals surface area contributed by atoms with Gasteiger partial charge in [-0.3, -0.25) is 0 Å². The van der Waals surface area contributed by atoms with Gasteiger partial charge in [0.05, 0.1) is 0 Å². The van der Waals surface area contributed by atoms with E-state index in [0.717, 1.165) is 26.1 Å². The van der Waals surface area contributed by atoms with Crippen molar-refractivity contribution in [1.82, 2.24) is 15.6 Å². The summed E-state index contributed by atoms with van der Waals surface area (Å²) in [5, 5.41) is 7.99. The molecule has 3 N–H and O–H groups in total. The Balaban J connectivity index is 2.00. The summed E-state index contributed by atoms with van der Waals surface area (Å²) in [4.78, 5) is 3.43. The molecule has 1 heterocycles. The third-order valence-corrected chi connectivity index (χ3v) is 3.11. The maximum absolute atomic E-state index is 3.50. The monoisotopic (exact) mass is 231 g/mol. The molecule has 0 aliphatic heterocycles. The van der Waals surface area contributed by atoms with Crippen molar-refractivity contribution in [3.63, 3.8) is 0 Å². The average molecular weight is 231 g/mol. The molecule has 3 nitrogen and oxygen atoms in total. The van der Waals surface area contributed by atoms with E-state index in [4.69, 9.17) is 0 Å². The Morgan fingerprint density at radius 3 is 2.82 bits per heavy atom. The maximum Gasteiger partial charge on any atom is 0.0459 e. The van der Waals surface area contributed by atoms with Crippen molar-refractivity contribution in [2.24, 2.45) is 0 Å². The number of nitrogens with one attached hydrogen (secondary N) is 3. The first-order valence-corrected chi connectivity index (χ1v) is 6.24. The average Bonchev–Trinajstić information content (AvgIpc) is 2.65. The molecule has 0 bridgehead atoms. The minimum absolute atomic E-state index is 0.944. The first kappa shape index (κ1) is 12.1. The second-order valence-electron chi connectivity index (χ2n) is 4.41. The summed E-state index contributed by atoms with van der Waals surface area (Å²) in [6.07, 6.45) is 1.16. The van der Waals surface area contributed by atoms with Crippen molar-refractivity contribution in [1.29, 1.82) is 0 Å². The lowest BCUT2D eigenvalue weighted by atomic mass is 10.1. The van der Waals surface area contributed by atoms with Crippen LogP contribution in [0.5, 0.6) is 0 Å². The van der Waals surface area contributed by atoms with Gasteiger partial charge in [-0.25, -0.2) is 0 Å². The Morgan fingerprint density at radius 2 is 2.00 bits per heavy atom. The van der Waals surface area contributed by atoms with E-state index in [9.17, 15) is 0 Å². The largest absolute Gasteiger partial charge is 0.358 e. The van der Waals surface area contributed by atoms with Crippen molar-refractivity contribution in [3.05, 3.63) is 35.5 Å². The summed E-state index contributed by atoms with van der Waals surface area (Å²) < 4.78 is 0. The standard InChI is InChI=1S/C14H21N3/c1-11-13(10-16-9-5-8-15-2)12-6-3-4-7-14(12)17-11/h3-4,6-7,15-17H,5,8-10H2,1-2H3. The predicted molar refractivity (Wildman–Crippen MR) is 73.3 cm³/mol. The fourth-order valence-corrected chi connectivity index (χ4v) is 2.17. The zero-order chi connectivity index (χ0) is 12.1. The van der Waals surface area contributed by atoms with Gasteiger partial charge in [-0.2, -0.15) is 0 Å². The van der Waals surface area contributed by atoms with Crippen LogP contribution in [0.25, 0.3) is 10.9 Å². The van der Waals surface area contributed by atoms with Crippen LogP contribution in [-0.4, -0.2) is 25.1 Å². The van der Waals surface area contributed by atoms with Crippen LogP contribution in [0.15, 0.2) is 24.3 Å². The molecule has 2 rings (SSSR count). The fourth-order valence-electron chi connectivity index (χ4n) is 2.17. The number of rotatable bonds is 6. The van der Waals surface area contributed by atoms with Gasteiger partial charge in [0.15, 0.2) is 0 Å². The molecule has 0 aliphatic rings. The molecule has 1 aromatic carbocycles. The Labute approximate surface area is 103 Å². The molecule has 3 heteroatoms. The number of benzene rings is 1. The van der Waals surface area contributed by atoms with Crippen molar-refractivity contribution in [2.45, 2.75) is 19.9 Å². The Hall–Kier alpha value is -1.32. The smallest absolute Gasteiger partial charge is 0.0459 e. The molecule has 0 radical (unpaired) electrons. The van der Waals surface area contributed by atoms with Crippen molar-refractivity contribution >= 4 is 10.9 Å². The fraction of sp³-hybridized carbons (Fsp3) is 0.429. The van der Waals surface area contributed by atoms with Crippen LogP contribution in [0, 0.1) is 6.92 Å². The van der Waals surface area contributed by atoms with Gasteiger partial charge in [0.25, 0.3) is 0 Å². The number of hydrogen-bond acceptors (Lipinski definition) is 2. The summed E-state index contributed by atoms with van der Waals surface area (Å²) in [5.74, 6) is 0. The number of aromatic nitrogens is 1. The van der Waals surface area contributed by atoms with Crippen LogP contribution < -0.4 is 10.6 Å². The molecule has 17 heavy (non-hydrogen) atoms. The van der Waals surface area contributed by atoms with Crippen LogP contribution in [0.4, 0.5) is 0 Å². The van der Waals surface area contributed by atoms with Crippen LogP contribution in [0.3, 0.4) is 0 Å². The van der Waals surface area contributed by atoms with Crippen LogP contribution in [0.1, 0.15) is 17.7 Å². The maximum atomic E-state index is 3.50. The highest BCUT2D eigenvalue weighted by molar-refractivity contribution is 5.84. The number of hydrogen-bond donors (Lipinski definition) is 3. The first-order chi connectivity index (χ1) is 8.33. The van der Waals surface area contributed by atoms with E-state index >= 15 is 0 Å². The van der Waals surface area contributed by atoms with Crippen molar-refractivity contribution in [2.75, 3.05) is 20.1 Å². The minimum Gasteiger partial charge on any atom is -0.358 e. The van der Waals surface area contributed by atoms with E-state index in [0.29, 0.717) is 0 Å². The second-order valence-corrected chi connectivity index (χ2v) is 4.41. The van der Waals surface area contributed by atoms with Gasteiger partial charge in [-0.15, -0.1) is 0 Å². The van der Waals surface area contributed by atoms with E-state index < -0.39 is 0 Å². The minimum atomic E-state index is 0.944. The SMILES string of the molecule is CNCCCNCc1c(C)[nH]c2ccccc12. The van der Waals surface area contributed by atoms with Gasteiger partial charge in [-0.1, -0.05) is 18.2 Å². The lowest BCUT2D eigenvalue weighted by molar-refractivity contribution is 0.625. The number of aromatic amines is 1. The lowest BCUT2D eigenvalue weighted by Crippen LogP contribution is -2.19. The summed E-state index contributed by atoms with van der Waals surface area (Å²) in [7, 11) is 1.99. The Bertz CT molecular complexity index is 473. The highest BCUT2D eigenvalue weighted by Gasteiger charge is 2.06. The molecule has 0 unspecified atom stereocenters. The van der Waals surface area contributed by atoms with Crippen LogP contribution in [-0.2, 0) is 6.54 Å². The number of aryl methyl sites for hydroxylation is 1.